The van der Waals surface area contributed by atoms with Crippen LogP contribution in [0.2, 0.25) is 5.02 Å². The fourth-order valence-corrected chi connectivity index (χ4v) is 6.30. The number of rotatable bonds is 8. The molecule has 3 amide bonds. The summed E-state index contributed by atoms with van der Waals surface area (Å²) in [7, 11) is 1.40. The molecule has 0 spiro atoms. The van der Waals surface area contributed by atoms with Crippen LogP contribution in [0.15, 0.2) is 48.9 Å². The van der Waals surface area contributed by atoms with Crippen LogP contribution in [0.25, 0.3) is 17.1 Å². The van der Waals surface area contributed by atoms with Crippen molar-refractivity contribution in [3.63, 3.8) is 0 Å². The second kappa shape index (κ2) is 14.1. The molecule has 0 radical (unpaired) electrons. The van der Waals surface area contributed by atoms with Crippen LogP contribution in [-0.2, 0) is 18.0 Å². The van der Waals surface area contributed by atoms with Crippen molar-refractivity contribution >= 4 is 40.7 Å². The van der Waals surface area contributed by atoms with Gasteiger partial charge in [0.2, 0.25) is 5.91 Å². The molecule has 2 aliphatic heterocycles. The molecule has 1 aromatic carbocycles. The van der Waals surface area contributed by atoms with E-state index in [9.17, 15) is 32.7 Å². The summed E-state index contributed by atoms with van der Waals surface area (Å²) < 4.78 is 44.2. The van der Waals surface area contributed by atoms with Crippen LogP contribution in [0.3, 0.4) is 0 Å². The normalized spacial score (nSPS) is 18.3. The van der Waals surface area contributed by atoms with Crippen molar-refractivity contribution in [1.82, 2.24) is 39.8 Å². The average Bonchev–Trinajstić information content (AvgIpc) is 3.82. The zero-order chi connectivity index (χ0) is 35.7. The van der Waals surface area contributed by atoms with Crippen LogP contribution >= 0.6 is 11.6 Å². The Morgan fingerprint density at radius 1 is 1.12 bits per heavy atom. The number of benzene rings is 1. The fraction of sp³-hybridized carbons (Fsp3) is 0.375. The van der Waals surface area contributed by atoms with Gasteiger partial charge in [-0.15, -0.1) is 0 Å². The lowest BCUT2D eigenvalue weighted by atomic mass is 9.96. The van der Waals surface area contributed by atoms with Crippen molar-refractivity contribution < 1.29 is 32.7 Å². The van der Waals surface area contributed by atoms with Crippen molar-refractivity contribution in [2.75, 3.05) is 37.2 Å². The number of aliphatic hydroxyl groups excluding tert-OH is 1. The molecule has 2 aliphatic rings. The third-order valence-electron chi connectivity index (χ3n) is 8.80. The van der Waals surface area contributed by atoms with E-state index in [2.05, 4.69) is 31.0 Å². The van der Waals surface area contributed by atoms with Gasteiger partial charge in [-0.05, 0) is 55.5 Å². The summed E-state index contributed by atoms with van der Waals surface area (Å²) >= 11 is 6.48. The average molecular weight is 715 g/mol. The Morgan fingerprint density at radius 3 is 2.52 bits per heavy atom. The number of nitrogens with zero attached hydrogens (tertiary/aromatic N) is 6. The van der Waals surface area contributed by atoms with Gasteiger partial charge in [0, 0.05) is 45.1 Å². The van der Waals surface area contributed by atoms with Crippen molar-refractivity contribution in [2.24, 2.45) is 13.0 Å². The minimum atomic E-state index is -4.82. The zero-order valence-corrected chi connectivity index (χ0v) is 27.5. The molecule has 0 saturated carbocycles. The summed E-state index contributed by atoms with van der Waals surface area (Å²) in [6, 6.07) is 6.92. The first kappa shape index (κ1) is 34.8. The molecule has 50 heavy (non-hydrogen) atoms. The highest BCUT2D eigenvalue weighted by atomic mass is 35.5. The van der Waals surface area contributed by atoms with Crippen LogP contribution in [0.5, 0.6) is 0 Å². The summed E-state index contributed by atoms with van der Waals surface area (Å²) in [6.45, 7) is 1.83. The van der Waals surface area contributed by atoms with Crippen LogP contribution in [0.4, 0.5) is 24.5 Å². The van der Waals surface area contributed by atoms with Gasteiger partial charge in [-0.1, -0.05) is 11.6 Å². The highest BCUT2D eigenvalue weighted by Gasteiger charge is 2.39. The molecule has 264 valence electrons. The standard InChI is InChI=1S/C32H34ClF3N10O4/c1-44-25(22-16-46(43-27(22)32(34,35)36)26-5-2-18(37)13-39-26)15-40-28(44)30(49)42-19-3-4-21(23(33)10-19)31(50)45-8-6-17(7-9-45)12-41-29(48)24-11-20(47)14-38-24/h2-5,10,13,15-17,20,24,38,47H,6-9,11-12,14,37H2,1H3,(H,41,48)(H,42,49)/t20-,24+/m1/s1. The summed E-state index contributed by atoms with van der Waals surface area (Å²) in [5.41, 5.74) is 4.95. The number of nitrogens with two attached hydrogens (primary N) is 1. The maximum Gasteiger partial charge on any atom is 0.435 e. The number of carbonyl (C=O) groups is 3. The first-order chi connectivity index (χ1) is 23.8. The summed E-state index contributed by atoms with van der Waals surface area (Å²) in [4.78, 5) is 48.6. The Bertz CT molecular complexity index is 1900. The number of aliphatic hydroxyl groups is 1. The number of aromatic nitrogens is 5. The zero-order valence-electron chi connectivity index (χ0n) is 26.7. The molecule has 5 heterocycles. The summed E-state index contributed by atoms with van der Waals surface area (Å²) in [5, 5.41) is 22.0. The maximum atomic E-state index is 14.0. The predicted octanol–water partition coefficient (Wildman–Crippen LogP) is 2.87. The predicted molar refractivity (Wildman–Crippen MR) is 176 cm³/mol. The highest BCUT2D eigenvalue weighted by Crippen LogP contribution is 2.37. The van der Waals surface area contributed by atoms with Crippen molar-refractivity contribution in [3.05, 3.63) is 71.0 Å². The number of hydrogen-bond acceptors (Lipinski definition) is 9. The Hall–Kier alpha value is -5.00. The Morgan fingerprint density at radius 2 is 1.88 bits per heavy atom. The number of β-amino-alcohol motifs (C(OH)–C–C–N with tert-alkyl or cyclic N) is 1. The molecule has 6 rings (SSSR count). The number of piperidine rings is 1. The Labute approximate surface area is 288 Å². The Kier molecular flexibility index (Phi) is 9.82. The van der Waals surface area contributed by atoms with E-state index in [1.54, 1.807) is 4.90 Å². The minimum absolute atomic E-state index is 0.0139. The number of pyridine rings is 1. The molecule has 0 unspecified atom stereocenters. The molecule has 3 aromatic heterocycles. The number of nitrogen functional groups attached to an aromatic ring is 1. The third kappa shape index (κ3) is 7.44. The molecule has 2 fully saturated rings. The molecular weight excluding hydrogens is 681 g/mol. The maximum absolute atomic E-state index is 14.0. The van der Waals surface area contributed by atoms with Crippen molar-refractivity contribution in [2.45, 2.75) is 37.6 Å². The number of halogens is 4. The fourth-order valence-electron chi connectivity index (χ4n) is 6.04. The second-order valence-electron chi connectivity index (χ2n) is 12.3. The van der Waals surface area contributed by atoms with Gasteiger partial charge < -0.3 is 36.3 Å². The van der Waals surface area contributed by atoms with E-state index >= 15 is 0 Å². The number of imidazole rings is 1. The number of carbonyl (C=O) groups excluding carboxylic acids is 3. The van der Waals surface area contributed by atoms with Gasteiger partial charge in [0.1, 0.15) is 0 Å². The third-order valence-corrected chi connectivity index (χ3v) is 9.12. The first-order valence-corrected chi connectivity index (χ1v) is 16.2. The number of nitrogens with one attached hydrogen (secondary N) is 3. The molecular formula is C32H34ClF3N10O4. The number of amides is 3. The molecule has 0 aliphatic carbocycles. The van der Waals surface area contributed by atoms with E-state index in [4.69, 9.17) is 17.3 Å². The smallest absolute Gasteiger partial charge is 0.397 e. The highest BCUT2D eigenvalue weighted by molar-refractivity contribution is 6.34. The topological polar surface area (TPSA) is 185 Å². The molecule has 0 bridgehead atoms. The van der Waals surface area contributed by atoms with Gasteiger partial charge in [0.05, 0.1) is 52.1 Å². The number of alkyl halides is 3. The number of anilines is 2. The molecule has 4 aromatic rings. The van der Waals surface area contributed by atoms with Crippen LogP contribution in [0, 0.1) is 5.92 Å². The van der Waals surface area contributed by atoms with Gasteiger partial charge in [0.15, 0.2) is 17.3 Å². The van der Waals surface area contributed by atoms with E-state index < -0.39 is 29.9 Å². The van der Waals surface area contributed by atoms with Gasteiger partial charge in [-0.2, -0.15) is 18.3 Å². The minimum Gasteiger partial charge on any atom is -0.397 e. The molecule has 14 nitrogen and oxygen atoms in total. The van der Waals surface area contributed by atoms with E-state index in [1.807, 2.05) is 0 Å². The van der Waals surface area contributed by atoms with Gasteiger partial charge in [-0.3, -0.25) is 14.4 Å². The summed E-state index contributed by atoms with van der Waals surface area (Å²) in [6.07, 6.45) is 0.0136. The van der Waals surface area contributed by atoms with Crippen LogP contribution in [-0.4, -0.2) is 90.4 Å². The number of hydrogen-bond donors (Lipinski definition) is 5. The van der Waals surface area contributed by atoms with Crippen molar-refractivity contribution in [3.8, 4) is 17.1 Å². The number of likely N-dealkylation sites (tertiary alicyclic amines) is 1. The lowest BCUT2D eigenvalue weighted by molar-refractivity contribution is -0.140. The largest absolute Gasteiger partial charge is 0.435 e. The van der Waals surface area contributed by atoms with E-state index in [0.717, 1.165) is 17.1 Å². The first-order valence-electron chi connectivity index (χ1n) is 15.8. The second-order valence-corrected chi connectivity index (χ2v) is 12.7. The lowest BCUT2D eigenvalue weighted by Gasteiger charge is -2.32. The van der Waals surface area contributed by atoms with Gasteiger partial charge in [-0.25, -0.2) is 14.6 Å². The molecule has 18 heteroatoms. The van der Waals surface area contributed by atoms with E-state index in [0.29, 0.717) is 51.1 Å². The quantitative estimate of drug-likeness (QED) is 0.183. The van der Waals surface area contributed by atoms with Gasteiger partial charge >= 0.3 is 6.18 Å². The molecule has 2 saturated heterocycles. The summed E-state index contributed by atoms with van der Waals surface area (Å²) in [5.74, 6) is -1.00. The van der Waals surface area contributed by atoms with E-state index in [-0.39, 0.29) is 56.9 Å². The Balaban J connectivity index is 1.08. The molecule has 6 N–H and O–H groups in total. The monoisotopic (exact) mass is 714 g/mol. The SMILES string of the molecule is Cn1c(-c2cn(-c3ccc(N)cn3)nc2C(F)(F)F)cnc1C(=O)Nc1ccc(C(=O)N2CCC(CNC(=O)[C@@H]3C[C@@H](O)CN3)CC2)c(Cl)c1. The van der Waals surface area contributed by atoms with Crippen LogP contribution in [0.1, 0.15) is 45.9 Å². The van der Waals surface area contributed by atoms with Crippen molar-refractivity contribution in [1.29, 1.82) is 0 Å². The lowest BCUT2D eigenvalue weighted by Crippen LogP contribution is -2.45. The van der Waals surface area contributed by atoms with Gasteiger partial charge in [0.25, 0.3) is 11.8 Å². The van der Waals surface area contributed by atoms with Crippen LogP contribution < -0.4 is 21.7 Å². The van der Waals surface area contributed by atoms with E-state index in [1.165, 1.54) is 48.1 Å². The molecule has 2 atom stereocenters.